The molecular formula is C54H32N2O2. The van der Waals surface area contributed by atoms with Crippen molar-refractivity contribution in [1.82, 2.24) is 9.97 Å². The van der Waals surface area contributed by atoms with Crippen LogP contribution in [-0.2, 0) is 0 Å². The fourth-order valence-corrected chi connectivity index (χ4v) is 8.80. The largest absolute Gasteiger partial charge is 0.455 e. The van der Waals surface area contributed by atoms with Crippen molar-refractivity contribution in [1.29, 1.82) is 0 Å². The molecule has 0 atom stereocenters. The fraction of sp³-hybridized carbons (Fsp3) is 0. The Morgan fingerprint density at radius 1 is 0.293 bits per heavy atom. The zero-order chi connectivity index (χ0) is 38.2. The first-order valence-electron chi connectivity index (χ1n) is 19.6. The summed E-state index contributed by atoms with van der Waals surface area (Å²) in [6.07, 6.45) is 0. The molecule has 4 heteroatoms. The van der Waals surface area contributed by atoms with Gasteiger partial charge in [-0.05, 0) is 92.3 Å². The lowest BCUT2D eigenvalue weighted by molar-refractivity contribution is 0.669. The minimum Gasteiger partial charge on any atom is -0.455 e. The highest BCUT2D eigenvalue weighted by Gasteiger charge is 2.21. The molecule has 0 aliphatic heterocycles. The van der Waals surface area contributed by atoms with Crippen molar-refractivity contribution in [2.75, 3.05) is 0 Å². The molecule has 270 valence electrons. The molecule has 0 amide bonds. The smallest absolute Gasteiger partial charge is 0.161 e. The molecule has 0 unspecified atom stereocenters. The number of hydrogen-bond acceptors (Lipinski definition) is 4. The summed E-state index contributed by atoms with van der Waals surface area (Å²) in [5.41, 5.74) is 12.0. The number of fused-ring (bicyclic) bond motifs is 9. The lowest BCUT2D eigenvalue weighted by Gasteiger charge is -2.16. The lowest BCUT2D eigenvalue weighted by Crippen LogP contribution is -1.98. The summed E-state index contributed by atoms with van der Waals surface area (Å²) in [5, 5.41) is 9.15. The van der Waals surface area contributed by atoms with Gasteiger partial charge in [-0.3, -0.25) is 0 Å². The van der Waals surface area contributed by atoms with Gasteiger partial charge >= 0.3 is 0 Å². The molecule has 0 saturated heterocycles. The highest BCUT2D eigenvalue weighted by atomic mass is 16.3. The predicted octanol–water partition coefficient (Wildman–Crippen LogP) is 14.9. The molecule has 12 rings (SSSR count). The average molecular weight is 741 g/mol. The van der Waals surface area contributed by atoms with Gasteiger partial charge < -0.3 is 8.83 Å². The lowest BCUT2D eigenvalue weighted by atomic mass is 9.90. The van der Waals surface area contributed by atoms with E-state index in [1.807, 2.05) is 36.4 Å². The van der Waals surface area contributed by atoms with Crippen LogP contribution in [0.2, 0.25) is 0 Å². The van der Waals surface area contributed by atoms with Crippen molar-refractivity contribution in [2.45, 2.75) is 0 Å². The van der Waals surface area contributed by atoms with Crippen LogP contribution in [0.5, 0.6) is 0 Å². The summed E-state index contributed by atoms with van der Waals surface area (Å²) in [5.74, 6) is 0.613. The zero-order valence-electron chi connectivity index (χ0n) is 31.2. The first-order chi connectivity index (χ1) is 28.7. The van der Waals surface area contributed by atoms with Gasteiger partial charge in [0, 0.05) is 38.2 Å². The number of furan rings is 2. The van der Waals surface area contributed by atoms with E-state index in [0.29, 0.717) is 5.82 Å². The van der Waals surface area contributed by atoms with Crippen LogP contribution in [-0.4, -0.2) is 9.97 Å². The van der Waals surface area contributed by atoms with Crippen molar-refractivity contribution in [2.24, 2.45) is 0 Å². The van der Waals surface area contributed by atoms with E-state index in [9.17, 15) is 0 Å². The highest BCUT2D eigenvalue weighted by molar-refractivity contribution is 6.14. The number of hydrogen-bond donors (Lipinski definition) is 0. The van der Waals surface area contributed by atoms with Crippen LogP contribution >= 0.6 is 0 Å². The van der Waals surface area contributed by atoms with Gasteiger partial charge in [0.25, 0.3) is 0 Å². The molecule has 0 spiro atoms. The average Bonchev–Trinajstić information content (AvgIpc) is 3.88. The van der Waals surface area contributed by atoms with Crippen molar-refractivity contribution in [3.8, 4) is 56.2 Å². The van der Waals surface area contributed by atoms with Crippen LogP contribution in [0.4, 0.5) is 0 Å². The Hall–Kier alpha value is -7.82. The summed E-state index contributed by atoms with van der Waals surface area (Å²) in [6.45, 7) is 0. The predicted molar refractivity (Wildman–Crippen MR) is 239 cm³/mol. The van der Waals surface area contributed by atoms with Crippen molar-refractivity contribution in [3.05, 3.63) is 194 Å². The monoisotopic (exact) mass is 740 g/mol. The molecule has 0 aliphatic rings. The highest BCUT2D eigenvalue weighted by Crippen LogP contribution is 2.43. The zero-order valence-corrected chi connectivity index (χ0v) is 31.2. The molecule has 9 aromatic carbocycles. The standard InChI is InChI=1S/C54H32N2O2/c1-2-14-33(15-3-1)46-31-35(47-30-34-16-4-5-17-36(34)37-18-6-7-19-38(37)47)28-29-43(46)54-55-48(44-24-12-22-41-39-20-8-10-26-50(39)57-52(41)44)32-49(56-54)45-25-13-23-42-40-21-9-11-27-51(40)58-53(42)45/h1-32H. The second-order valence-corrected chi connectivity index (χ2v) is 14.8. The minimum atomic E-state index is 0.613. The Kier molecular flexibility index (Phi) is 7.20. The van der Waals surface area contributed by atoms with Crippen LogP contribution in [0, 0.1) is 0 Å². The summed E-state index contributed by atoms with van der Waals surface area (Å²) in [7, 11) is 0. The Labute approximate surface area is 333 Å². The van der Waals surface area contributed by atoms with E-state index in [1.165, 1.54) is 27.1 Å². The Balaban J connectivity index is 1.13. The molecular weight excluding hydrogens is 709 g/mol. The molecule has 0 radical (unpaired) electrons. The number of nitrogens with zero attached hydrogens (tertiary/aromatic N) is 2. The number of para-hydroxylation sites is 4. The van der Waals surface area contributed by atoms with Gasteiger partial charge in [0.1, 0.15) is 22.3 Å². The summed E-state index contributed by atoms with van der Waals surface area (Å²) < 4.78 is 13.2. The van der Waals surface area contributed by atoms with Gasteiger partial charge in [0.15, 0.2) is 5.82 Å². The first kappa shape index (κ1) is 32.4. The topological polar surface area (TPSA) is 52.1 Å². The van der Waals surface area contributed by atoms with Crippen LogP contribution in [0.25, 0.3) is 122 Å². The molecule has 58 heavy (non-hydrogen) atoms. The Morgan fingerprint density at radius 3 is 1.48 bits per heavy atom. The number of rotatable bonds is 5. The van der Waals surface area contributed by atoms with E-state index in [0.717, 1.165) is 88.6 Å². The van der Waals surface area contributed by atoms with Crippen LogP contribution < -0.4 is 0 Å². The molecule has 0 N–H and O–H groups in total. The van der Waals surface area contributed by atoms with Crippen molar-refractivity contribution in [3.63, 3.8) is 0 Å². The normalized spacial score (nSPS) is 11.8. The van der Waals surface area contributed by atoms with E-state index < -0.39 is 0 Å². The maximum Gasteiger partial charge on any atom is 0.161 e. The third-order valence-corrected chi connectivity index (χ3v) is 11.5. The molecule has 12 aromatic rings. The maximum atomic E-state index is 6.58. The van der Waals surface area contributed by atoms with Crippen molar-refractivity contribution < 1.29 is 8.83 Å². The van der Waals surface area contributed by atoms with Crippen molar-refractivity contribution >= 4 is 65.4 Å². The fourth-order valence-electron chi connectivity index (χ4n) is 8.80. The molecule has 0 fully saturated rings. The van der Waals surface area contributed by atoms with E-state index in [2.05, 4.69) is 158 Å². The van der Waals surface area contributed by atoms with Gasteiger partial charge in [-0.15, -0.1) is 0 Å². The molecule has 3 heterocycles. The van der Waals surface area contributed by atoms with Gasteiger partial charge in [-0.2, -0.15) is 0 Å². The van der Waals surface area contributed by atoms with Crippen LogP contribution in [0.3, 0.4) is 0 Å². The molecule has 0 bridgehead atoms. The third kappa shape index (κ3) is 5.09. The molecule has 3 aromatic heterocycles. The summed E-state index contributed by atoms with van der Waals surface area (Å²) >= 11 is 0. The van der Waals surface area contributed by atoms with Gasteiger partial charge in [-0.1, -0.05) is 146 Å². The maximum absolute atomic E-state index is 6.58. The van der Waals surface area contributed by atoms with Gasteiger partial charge in [0.2, 0.25) is 0 Å². The SMILES string of the molecule is c1ccc(-c2cc(-c3cc4ccccc4c4ccccc34)ccc2-c2nc(-c3cccc4c3oc3ccccc34)cc(-c3cccc4c3oc3ccccc34)n2)cc1. The third-order valence-electron chi connectivity index (χ3n) is 11.5. The van der Waals surface area contributed by atoms with Gasteiger partial charge in [-0.25, -0.2) is 9.97 Å². The van der Waals surface area contributed by atoms with E-state index >= 15 is 0 Å². The minimum absolute atomic E-state index is 0.613. The van der Waals surface area contributed by atoms with E-state index in [1.54, 1.807) is 0 Å². The van der Waals surface area contributed by atoms with E-state index in [4.69, 9.17) is 18.8 Å². The summed E-state index contributed by atoms with van der Waals surface area (Å²) in [6, 6.07) is 67.9. The molecule has 0 saturated carbocycles. The quantitative estimate of drug-likeness (QED) is 0.165. The molecule has 0 aliphatic carbocycles. The van der Waals surface area contributed by atoms with Crippen LogP contribution in [0.1, 0.15) is 0 Å². The van der Waals surface area contributed by atoms with Gasteiger partial charge in [0.05, 0.1) is 11.4 Å². The number of benzene rings is 9. The Bertz CT molecular complexity index is 3450. The van der Waals surface area contributed by atoms with E-state index in [-0.39, 0.29) is 0 Å². The molecule has 4 nitrogen and oxygen atoms in total. The Morgan fingerprint density at radius 2 is 0.828 bits per heavy atom. The second-order valence-electron chi connectivity index (χ2n) is 14.8. The van der Waals surface area contributed by atoms with Crippen LogP contribution in [0.15, 0.2) is 203 Å². The second kappa shape index (κ2) is 12.9. The number of aromatic nitrogens is 2. The first-order valence-corrected chi connectivity index (χ1v) is 19.6. The summed E-state index contributed by atoms with van der Waals surface area (Å²) in [4.78, 5) is 10.8.